The van der Waals surface area contributed by atoms with Crippen LogP contribution in [-0.4, -0.2) is 25.5 Å². The number of hydrogen-bond donors (Lipinski definition) is 1. The van der Waals surface area contributed by atoms with Crippen molar-refractivity contribution in [3.8, 4) is 0 Å². The van der Waals surface area contributed by atoms with E-state index in [4.69, 9.17) is 0 Å². The van der Waals surface area contributed by atoms with E-state index >= 15 is 0 Å². The molecule has 0 spiro atoms. The molecule has 0 bridgehead atoms. The minimum Gasteiger partial charge on any atom is -0.292 e. The average molecular weight is 211 g/mol. The molecule has 0 heterocycles. The predicted octanol–water partition coefficient (Wildman–Crippen LogP) is 2.02. The van der Waals surface area contributed by atoms with Gasteiger partial charge in [-0.05, 0) is 0 Å². The lowest BCUT2D eigenvalue weighted by atomic mass is 10.4. The number of hydroxylamine groups is 1. The van der Waals surface area contributed by atoms with Gasteiger partial charge in [0.25, 0.3) is 0 Å². The second kappa shape index (κ2) is 4.66. The van der Waals surface area contributed by atoms with Crippen molar-refractivity contribution in [2.75, 3.05) is 13.2 Å². The summed E-state index contributed by atoms with van der Waals surface area (Å²) in [6.07, 6.45) is -10.2. The summed E-state index contributed by atoms with van der Waals surface area (Å²) >= 11 is 0. The minimum atomic E-state index is -4.54. The van der Waals surface area contributed by atoms with E-state index in [0.717, 1.165) is 0 Å². The maximum absolute atomic E-state index is 11.4. The molecule has 0 rings (SSSR count). The minimum absolute atomic E-state index is 0.695. The first-order valence-electron chi connectivity index (χ1n) is 3.19. The van der Waals surface area contributed by atoms with Crippen molar-refractivity contribution in [2.24, 2.45) is 0 Å². The molecule has 0 aliphatic heterocycles. The van der Waals surface area contributed by atoms with Crippen LogP contribution >= 0.6 is 0 Å². The highest BCUT2D eigenvalue weighted by Crippen LogP contribution is 2.18. The van der Waals surface area contributed by atoms with Gasteiger partial charge in [-0.15, -0.1) is 0 Å². The van der Waals surface area contributed by atoms with Gasteiger partial charge < -0.3 is 0 Å². The van der Waals surface area contributed by atoms with Crippen LogP contribution in [0.25, 0.3) is 0 Å². The van der Waals surface area contributed by atoms with Crippen molar-refractivity contribution < 1.29 is 31.2 Å². The molecular weight excluding hydrogens is 204 g/mol. The highest BCUT2D eigenvalue weighted by molar-refractivity contribution is 4.50. The largest absolute Gasteiger partial charge is 0.413 e. The molecule has 0 saturated carbocycles. The smallest absolute Gasteiger partial charge is 0.292 e. The molecule has 0 fully saturated rings. The van der Waals surface area contributed by atoms with E-state index in [0.29, 0.717) is 0 Å². The van der Waals surface area contributed by atoms with E-state index < -0.39 is 31.9 Å². The van der Waals surface area contributed by atoms with Gasteiger partial charge in [-0.2, -0.15) is 26.3 Å². The van der Waals surface area contributed by atoms with Crippen LogP contribution < -0.4 is 5.48 Å². The number of alkyl halides is 6. The molecular formula is C5H7F6NO. The second-order valence-corrected chi connectivity index (χ2v) is 2.16. The average Bonchev–Trinajstić information content (AvgIpc) is 1.81. The highest BCUT2D eigenvalue weighted by atomic mass is 19.4. The van der Waals surface area contributed by atoms with E-state index in [-0.39, 0.29) is 0 Å². The van der Waals surface area contributed by atoms with E-state index in [9.17, 15) is 26.3 Å². The zero-order valence-corrected chi connectivity index (χ0v) is 6.30. The molecule has 0 aromatic carbocycles. The summed E-state index contributed by atoms with van der Waals surface area (Å²) in [5.41, 5.74) is 1.56. The first-order valence-corrected chi connectivity index (χ1v) is 3.19. The standard InChI is InChI=1S/C5H7F6NO/c6-4(7,8)1-2-12-13-3-5(9,10)11/h12H,1-3H2. The summed E-state index contributed by atoms with van der Waals surface area (Å²) in [6.45, 7) is -2.30. The Morgan fingerprint density at radius 1 is 0.923 bits per heavy atom. The quantitative estimate of drug-likeness (QED) is 0.436. The third kappa shape index (κ3) is 11.5. The van der Waals surface area contributed by atoms with Gasteiger partial charge in [0.05, 0.1) is 6.42 Å². The summed E-state index contributed by atoms with van der Waals surface area (Å²) in [6, 6.07) is 0. The van der Waals surface area contributed by atoms with Crippen LogP contribution in [0.1, 0.15) is 6.42 Å². The molecule has 0 aromatic heterocycles. The highest BCUT2D eigenvalue weighted by Gasteiger charge is 2.29. The number of hydrogen-bond acceptors (Lipinski definition) is 2. The monoisotopic (exact) mass is 211 g/mol. The van der Waals surface area contributed by atoms with Crippen molar-refractivity contribution in [2.45, 2.75) is 18.8 Å². The third-order valence-corrected chi connectivity index (χ3v) is 0.848. The summed E-state index contributed by atoms with van der Waals surface area (Å²) in [5.74, 6) is 0. The first-order chi connectivity index (χ1) is 5.71. The van der Waals surface area contributed by atoms with Gasteiger partial charge in [-0.1, -0.05) is 0 Å². The van der Waals surface area contributed by atoms with Crippen molar-refractivity contribution >= 4 is 0 Å². The summed E-state index contributed by atoms with van der Waals surface area (Å²) in [5, 5.41) is 0. The Morgan fingerprint density at radius 3 is 1.85 bits per heavy atom. The molecule has 0 aliphatic carbocycles. The van der Waals surface area contributed by atoms with Gasteiger partial charge in [-0.3, -0.25) is 4.84 Å². The number of rotatable bonds is 4. The Labute approximate surface area is 69.8 Å². The molecule has 1 N–H and O–H groups in total. The topological polar surface area (TPSA) is 21.3 Å². The fraction of sp³-hybridized carbons (Fsp3) is 1.00. The lowest BCUT2D eigenvalue weighted by molar-refractivity contribution is -0.193. The molecule has 13 heavy (non-hydrogen) atoms. The van der Waals surface area contributed by atoms with Crippen molar-refractivity contribution in [1.29, 1.82) is 0 Å². The van der Waals surface area contributed by atoms with Gasteiger partial charge in [0.15, 0.2) is 6.61 Å². The van der Waals surface area contributed by atoms with Crippen LogP contribution in [0.5, 0.6) is 0 Å². The van der Waals surface area contributed by atoms with Crippen LogP contribution in [0.4, 0.5) is 26.3 Å². The summed E-state index contributed by atoms with van der Waals surface area (Å²) in [7, 11) is 0. The van der Waals surface area contributed by atoms with Crippen molar-refractivity contribution in [3.63, 3.8) is 0 Å². The lowest BCUT2D eigenvalue weighted by Crippen LogP contribution is -2.27. The summed E-state index contributed by atoms with van der Waals surface area (Å²) < 4.78 is 68.2. The molecule has 0 radical (unpaired) electrons. The summed E-state index contributed by atoms with van der Waals surface area (Å²) in [4.78, 5) is 3.72. The maximum atomic E-state index is 11.4. The number of nitrogens with one attached hydrogen (secondary N) is 1. The Hall–Kier alpha value is -0.500. The molecule has 0 atom stereocenters. The van der Waals surface area contributed by atoms with Gasteiger partial charge >= 0.3 is 12.4 Å². The van der Waals surface area contributed by atoms with Crippen molar-refractivity contribution in [3.05, 3.63) is 0 Å². The maximum Gasteiger partial charge on any atom is 0.413 e. The van der Waals surface area contributed by atoms with Crippen LogP contribution in [0, 0.1) is 0 Å². The molecule has 8 heteroatoms. The zero-order valence-electron chi connectivity index (χ0n) is 6.30. The number of halogens is 6. The molecule has 80 valence electrons. The zero-order chi connectivity index (χ0) is 10.5. The molecule has 0 aromatic rings. The Morgan fingerprint density at radius 2 is 1.46 bits per heavy atom. The third-order valence-electron chi connectivity index (χ3n) is 0.848. The van der Waals surface area contributed by atoms with Crippen LogP contribution in [0.2, 0.25) is 0 Å². The van der Waals surface area contributed by atoms with E-state index in [1.807, 2.05) is 0 Å². The van der Waals surface area contributed by atoms with E-state index in [2.05, 4.69) is 4.84 Å². The second-order valence-electron chi connectivity index (χ2n) is 2.16. The fourth-order valence-electron chi connectivity index (χ4n) is 0.398. The van der Waals surface area contributed by atoms with Gasteiger partial charge in [-0.25, -0.2) is 5.48 Å². The fourth-order valence-corrected chi connectivity index (χ4v) is 0.398. The molecule has 0 saturated heterocycles. The Balaban J connectivity index is 3.28. The van der Waals surface area contributed by atoms with Gasteiger partial charge in [0.2, 0.25) is 0 Å². The van der Waals surface area contributed by atoms with Crippen LogP contribution in [-0.2, 0) is 4.84 Å². The normalized spacial score (nSPS) is 13.4. The Bertz CT molecular complexity index is 125. The SMILES string of the molecule is FC(F)(F)CCNOCC(F)(F)F. The van der Waals surface area contributed by atoms with Gasteiger partial charge in [0, 0.05) is 6.54 Å². The van der Waals surface area contributed by atoms with E-state index in [1.54, 1.807) is 5.48 Å². The molecule has 2 nitrogen and oxygen atoms in total. The molecule has 0 amide bonds. The molecule has 0 unspecified atom stereocenters. The predicted molar refractivity (Wildman–Crippen MR) is 30.7 cm³/mol. The first kappa shape index (κ1) is 12.5. The Kier molecular flexibility index (Phi) is 4.48. The van der Waals surface area contributed by atoms with Crippen LogP contribution in [0.3, 0.4) is 0 Å². The van der Waals surface area contributed by atoms with Crippen LogP contribution in [0.15, 0.2) is 0 Å². The molecule has 0 aliphatic rings. The van der Waals surface area contributed by atoms with E-state index in [1.165, 1.54) is 0 Å². The van der Waals surface area contributed by atoms with Gasteiger partial charge in [0.1, 0.15) is 0 Å². The van der Waals surface area contributed by atoms with Crippen molar-refractivity contribution in [1.82, 2.24) is 5.48 Å². The lowest BCUT2D eigenvalue weighted by Gasteiger charge is -2.09.